The van der Waals surface area contributed by atoms with Crippen LogP contribution in [0.4, 0.5) is 23.8 Å². The van der Waals surface area contributed by atoms with Crippen LogP contribution in [0, 0.1) is 3.57 Å². The summed E-state index contributed by atoms with van der Waals surface area (Å²) >= 11 is 2.15. The third-order valence-corrected chi connectivity index (χ3v) is 3.66. The van der Waals surface area contributed by atoms with Gasteiger partial charge in [-0.2, -0.15) is 18.3 Å². The van der Waals surface area contributed by atoms with E-state index in [1.165, 1.54) is 4.57 Å². The van der Waals surface area contributed by atoms with Gasteiger partial charge in [0.1, 0.15) is 5.69 Å². The maximum absolute atomic E-state index is 12.5. The van der Waals surface area contributed by atoms with Crippen molar-refractivity contribution in [2.75, 3.05) is 5.32 Å². The lowest BCUT2D eigenvalue weighted by Gasteiger charge is -2.04. The summed E-state index contributed by atoms with van der Waals surface area (Å²) in [5.74, 6) is -0.190. The molecular weight excluding hydrogens is 412 g/mol. The monoisotopic (exact) mass is 420 g/mol. The van der Waals surface area contributed by atoms with Crippen LogP contribution in [0.15, 0.2) is 36.5 Å². The highest BCUT2D eigenvalue weighted by Gasteiger charge is 2.33. The molecule has 0 bridgehead atoms. The minimum Gasteiger partial charge on any atom is -0.290 e. The van der Waals surface area contributed by atoms with Crippen LogP contribution in [0.1, 0.15) is 5.69 Å². The van der Waals surface area contributed by atoms with Gasteiger partial charge in [-0.1, -0.05) is 0 Å². The predicted octanol–water partition coefficient (Wildman–Crippen LogP) is 4.07. The fourth-order valence-corrected chi connectivity index (χ4v) is 2.51. The second-order valence-corrected chi connectivity index (χ2v) is 5.73. The van der Waals surface area contributed by atoms with Crippen LogP contribution in [0.2, 0.25) is 0 Å². The molecule has 2 heterocycles. The topological polar surface area (TPSA) is 62.7 Å². The molecule has 2 aromatic heterocycles. The Hall–Kier alpha value is -2.04. The summed E-state index contributed by atoms with van der Waals surface area (Å²) in [6, 6.07) is 7.41. The van der Waals surface area contributed by atoms with Crippen molar-refractivity contribution in [1.29, 1.82) is 0 Å². The summed E-state index contributed by atoms with van der Waals surface area (Å²) < 4.78 is 39.7. The van der Waals surface area contributed by atoms with Crippen LogP contribution < -0.4 is 5.32 Å². The number of benzene rings is 1. The van der Waals surface area contributed by atoms with Crippen LogP contribution in [0.25, 0.3) is 10.9 Å². The molecule has 5 nitrogen and oxygen atoms in total. The lowest BCUT2D eigenvalue weighted by molar-refractivity contribution is -0.141. The lowest BCUT2D eigenvalue weighted by atomic mass is 10.2. The van der Waals surface area contributed by atoms with Crippen molar-refractivity contribution in [2.45, 2.75) is 6.18 Å². The molecule has 0 saturated carbocycles. The van der Waals surface area contributed by atoms with Crippen molar-refractivity contribution in [3.8, 4) is 0 Å². The molecule has 3 rings (SSSR count). The molecule has 9 heteroatoms. The van der Waals surface area contributed by atoms with Gasteiger partial charge >= 0.3 is 12.2 Å². The van der Waals surface area contributed by atoms with Gasteiger partial charge in [-0.3, -0.25) is 15.0 Å². The Kier molecular flexibility index (Phi) is 3.59. The first kappa shape index (κ1) is 14.9. The van der Waals surface area contributed by atoms with E-state index in [1.807, 2.05) is 17.2 Å². The average Bonchev–Trinajstić information content (AvgIpc) is 3.03. The van der Waals surface area contributed by atoms with Crippen LogP contribution in [0.5, 0.6) is 0 Å². The number of halogens is 4. The molecule has 0 unspecified atom stereocenters. The fourth-order valence-electron chi connectivity index (χ4n) is 1.99. The number of aromatic amines is 1. The number of nitrogens with zero attached hydrogens (tertiary/aromatic N) is 2. The van der Waals surface area contributed by atoms with Gasteiger partial charge in [0.2, 0.25) is 0 Å². The van der Waals surface area contributed by atoms with E-state index in [-0.39, 0.29) is 5.82 Å². The predicted molar refractivity (Wildman–Crippen MR) is 82.7 cm³/mol. The smallest absolute Gasteiger partial charge is 0.290 e. The summed E-state index contributed by atoms with van der Waals surface area (Å²) in [5.41, 5.74) is -0.362. The maximum Gasteiger partial charge on any atom is 0.432 e. The molecule has 22 heavy (non-hydrogen) atoms. The molecule has 0 saturated heterocycles. The van der Waals surface area contributed by atoms with Gasteiger partial charge in [0.25, 0.3) is 0 Å². The summed E-state index contributed by atoms with van der Waals surface area (Å²) in [6.45, 7) is 0. The number of anilines is 1. The molecule has 0 aliphatic heterocycles. The van der Waals surface area contributed by atoms with Crippen LogP contribution in [-0.4, -0.2) is 20.8 Å². The van der Waals surface area contributed by atoms with E-state index < -0.39 is 17.9 Å². The number of aromatic nitrogens is 3. The SMILES string of the molecule is O=C(Nc1cc(C(F)(F)F)[nH]n1)n1ccc2cc(I)ccc21. The van der Waals surface area contributed by atoms with E-state index in [4.69, 9.17) is 0 Å². The Bertz CT molecular complexity index is 852. The van der Waals surface area contributed by atoms with E-state index in [1.54, 1.807) is 18.3 Å². The van der Waals surface area contributed by atoms with Gasteiger partial charge < -0.3 is 0 Å². The Morgan fingerprint density at radius 3 is 2.73 bits per heavy atom. The second-order valence-electron chi connectivity index (χ2n) is 4.48. The van der Waals surface area contributed by atoms with Gasteiger partial charge in [-0.05, 0) is 46.9 Å². The number of hydrogen-bond acceptors (Lipinski definition) is 2. The first-order valence-electron chi connectivity index (χ1n) is 6.05. The van der Waals surface area contributed by atoms with Gasteiger partial charge in [0.05, 0.1) is 5.52 Å². The summed E-state index contributed by atoms with van der Waals surface area (Å²) in [4.78, 5) is 12.1. The number of rotatable bonds is 1. The Balaban J connectivity index is 1.86. The number of carbonyl (C=O) groups is 1. The Labute approximate surface area is 135 Å². The third kappa shape index (κ3) is 2.80. The van der Waals surface area contributed by atoms with E-state index in [0.717, 1.165) is 15.0 Å². The molecule has 114 valence electrons. The minimum atomic E-state index is -4.53. The minimum absolute atomic E-state index is 0.190. The molecular formula is C13H8F3IN4O. The van der Waals surface area contributed by atoms with Crippen molar-refractivity contribution in [3.63, 3.8) is 0 Å². The zero-order chi connectivity index (χ0) is 15.9. The van der Waals surface area contributed by atoms with Gasteiger partial charge in [-0.15, -0.1) is 0 Å². The van der Waals surface area contributed by atoms with E-state index in [9.17, 15) is 18.0 Å². The Morgan fingerprint density at radius 1 is 1.27 bits per heavy atom. The molecule has 1 aromatic carbocycles. The second kappa shape index (κ2) is 5.30. The molecule has 0 aliphatic carbocycles. The number of hydrogen-bond donors (Lipinski definition) is 2. The quantitative estimate of drug-likeness (QED) is 0.584. The normalized spacial score (nSPS) is 11.8. The zero-order valence-electron chi connectivity index (χ0n) is 10.8. The Morgan fingerprint density at radius 2 is 2.05 bits per heavy atom. The number of H-pyrrole nitrogens is 1. The van der Waals surface area contributed by atoms with E-state index >= 15 is 0 Å². The summed E-state index contributed by atoms with van der Waals surface area (Å²) in [5, 5.41) is 8.46. The van der Waals surface area contributed by atoms with Crippen molar-refractivity contribution >= 4 is 45.3 Å². The van der Waals surface area contributed by atoms with Crippen molar-refractivity contribution in [2.24, 2.45) is 0 Å². The van der Waals surface area contributed by atoms with Crippen molar-refractivity contribution in [3.05, 3.63) is 45.8 Å². The number of carbonyl (C=O) groups excluding carboxylic acids is 1. The highest BCUT2D eigenvalue weighted by Crippen LogP contribution is 2.28. The molecule has 0 spiro atoms. The van der Waals surface area contributed by atoms with Gasteiger partial charge in [0.15, 0.2) is 5.82 Å². The molecule has 1 amide bonds. The number of nitrogens with one attached hydrogen (secondary N) is 2. The average molecular weight is 420 g/mol. The lowest BCUT2D eigenvalue weighted by Crippen LogP contribution is -2.18. The van der Waals surface area contributed by atoms with E-state index in [2.05, 4.69) is 33.0 Å². The molecule has 0 radical (unpaired) electrons. The van der Waals surface area contributed by atoms with Gasteiger partial charge in [0, 0.05) is 21.2 Å². The highest BCUT2D eigenvalue weighted by atomic mass is 127. The van der Waals surface area contributed by atoms with Crippen LogP contribution in [-0.2, 0) is 6.18 Å². The first-order valence-corrected chi connectivity index (χ1v) is 7.13. The molecule has 0 fully saturated rings. The van der Waals surface area contributed by atoms with E-state index in [0.29, 0.717) is 5.52 Å². The van der Waals surface area contributed by atoms with Gasteiger partial charge in [-0.25, -0.2) is 4.79 Å². The first-order chi connectivity index (χ1) is 10.3. The van der Waals surface area contributed by atoms with Crippen molar-refractivity contribution < 1.29 is 18.0 Å². The third-order valence-electron chi connectivity index (χ3n) is 2.99. The van der Waals surface area contributed by atoms with Crippen LogP contribution in [0.3, 0.4) is 0 Å². The number of fused-ring (bicyclic) bond motifs is 1. The fraction of sp³-hybridized carbons (Fsp3) is 0.0769. The molecule has 0 aliphatic rings. The number of alkyl halides is 3. The molecule has 3 aromatic rings. The largest absolute Gasteiger partial charge is 0.432 e. The zero-order valence-corrected chi connectivity index (χ0v) is 12.9. The number of amides is 1. The molecule has 0 atom stereocenters. The van der Waals surface area contributed by atoms with Crippen LogP contribution >= 0.6 is 22.6 Å². The molecule has 2 N–H and O–H groups in total. The van der Waals surface area contributed by atoms with Crippen molar-refractivity contribution in [1.82, 2.24) is 14.8 Å². The summed E-state index contributed by atoms with van der Waals surface area (Å²) in [7, 11) is 0. The highest BCUT2D eigenvalue weighted by molar-refractivity contribution is 14.1. The standard InChI is InChI=1S/C13H8F3IN4O/c14-13(15,16)10-6-11(20-19-10)18-12(22)21-4-3-7-5-8(17)1-2-9(7)21/h1-6H,(H2,18,19,20,22). The maximum atomic E-state index is 12.5. The summed E-state index contributed by atoms with van der Waals surface area (Å²) in [6.07, 6.45) is -2.99.